The van der Waals surface area contributed by atoms with Crippen molar-refractivity contribution in [3.63, 3.8) is 0 Å². The van der Waals surface area contributed by atoms with Crippen molar-refractivity contribution in [3.05, 3.63) is 82.5 Å². The number of nitrogens with zero attached hydrogens (tertiary/aromatic N) is 3. The predicted molar refractivity (Wildman–Crippen MR) is 114 cm³/mol. The smallest absolute Gasteiger partial charge is 0.251 e. The summed E-state index contributed by atoms with van der Waals surface area (Å²) in [5.41, 5.74) is 0.735. The number of nitrogens with one attached hydrogen (secondary N) is 1. The molecule has 0 aliphatic rings. The minimum absolute atomic E-state index is 0.0403. The van der Waals surface area contributed by atoms with E-state index in [0.717, 1.165) is 22.1 Å². The second kappa shape index (κ2) is 8.24. The van der Waals surface area contributed by atoms with Crippen LogP contribution in [0.3, 0.4) is 0 Å². The van der Waals surface area contributed by atoms with E-state index in [1.165, 1.54) is 6.07 Å². The molecule has 0 aliphatic carbocycles. The van der Waals surface area contributed by atoms with E-state index in [9.17, 15) is 9.59 Å². The third kappa shape index (κ3) is 4.10. The summed E-state index contributed by atoms with van der Waals surface area (Å²) in [5, 5.41) is 2.14. The lowest BCUT2D eigenvalue weighted by molar-refractivity contribution is 0.0970. The molecule has 0 radical (unpaired) electrons. The summed E-state index contributed by atoms with van der Waals surface area (Å²) in [6.07, 6.45) is 3.33. The van der Waals surface area contributed by atoms with Crippen LogP contribution in [0.15, 0.2) is 65.7 Å². The van der Waals surface area contributed by atoms with Crippen LogP contribution in [-0.4, -0.2) is 32.8 Å². The molecule has 1 unspecified atom stereocenters. The highest BCUT2D eigenvalue weighted by Crippen LogP contribution is 2.27. The van der Waals surface area contributed by atoms with E-state index < -0.39 is 5.56 Å². The van der Waals surface area contributed by atoms with Gasteiger partial charge in [0.15, 0.2) is 17.4 Å². The monoisotopic (exact) mass is 400 g/mol. The number of carbonyl (C=O) groups excluding carboxylic acids is 1. The third-order valence-electron chi connectivity index (χ3n) is 4.94. The summed E-state index contributed by atoms with van der Waals surface area (Å²) in [6.45, 7) is 1.98. The molecule has 2 heterocycles. The number of ether oxygens (including phenoxy) is 1. The van der Waals surface area contributed by atoms with Gasteiger partial charge in [-0.1, -0.05) is 31.2 Å². The number of hydrogen-bond donors (Lipinski definition) is 1. The number of hydrogen-bond acceptors (Lipinski definition) is 6. The van der Waals surface area contributed by atoms with Crippen LogP contribution in [0.2, 0.25) is 0 Å². The van der Waals surface area contributed by atoms with Crippen molar-refractivity contribution in [1.82, 2.24) is 19.9 Å². The van der Waals surface area contributed by atoms with E-state index >= 15 is 0 Å². The van der Waals surface area contributed by atoms with Crippen molar-refractivity contribution in [2.24, 2.45) is 0 Å². The number of ketones is 1. The average Bonchev–Trinajstić information content (AvgIpc) is 2.78. The maximum Gasteiger partial charge on any atom is 0.251 e. The molecular formula is C23H20N4O3. The van der Waals surface area contributed by atoms with Gasteiger partial charge in [0.1, 0.15) is 11.4 Å². The Morgan fingerprint density at radius 3 is 2.57 bits per heavy atom. The van der Waals surface area contributed by atoms with Crippen LogP contribution >= 0.6 is 0 Å². The Hall–Kier alpha value is -3.87. The van der Waals surface area contributed by atoms with Crippen molar-refractivity contribution in [3.8, 4) is 17.4 Å². The second-order valence-corrected chi connectivity index (χ2v) is 7.05. The molecular weight excluding hydrogens is 380 g/mol. The molecule has 0 spiro atoms. The van der Waals surface area contributed by atoms with Gasteiger partial charge in [0.05, 0.1) is 7.11 Å². The van der Waals surface area contributed by atoms with Crippen LogP contribution in [-0.2, 0) is 0 Å². The fourth-order valence-corrected chi connectivity index (χ4v) is 3.30. The highest BCUT2D eigenvalue weighted by atomic mass is 16.5. The van der Waals surface area contributed by atoms with E-state index in [1.54, 1.807) is 25.6 Å². The zero-order valence-corrected chi connectivity index (χ0v) is 16.6. The van der Waals surface area contributed by atoms with Crippen molar-refractivity contribution >= 4 is 16.6 Å². The molecule has 0 aliphatic heterocycles. The largest absolute Gasteiger partial charge is 0.497 e. The summed E-state index contributed by atoms with van der Waals surface area (Å²) in [7, 11) is 1.64. The van der Waals surface area contributed by atoms with Gasteiger partial charge < -0.3 is 9.72 Å². The maximum absolute atomic E-state index is 12.8. The number of H-pyrrole nitrogens is 1. The van der Waals surface area contributed by atoms with Gasteiger partial charge in [-0.05, 0) is 40.5 Å². The van der Waals surface area contributed by atoms with E-state index in [-0.39, 0.29) is 35.5 Å². The van der Waals surface area contributed by atoms with E-state index in [1.807, 2.05) is 37.3 Å². The molecule has 150 valence electrons. The molecule has 1 atom stereocenters. The van der Waals surface area contributed by atoms with Gasteiger partial charge in [-0.15, -0.1) is 0 Å². The zero-order valence-electron chi connectivity index (χ0n) is 16.6. The Balaban J connectivity index is 1.57. The van der Waals surface area contributed by atoms with E-state index in [4.69, 9.17) is 4.74 Å². The fourth-order valence-electron chi connectivity index (χ4n) is 3.30. The maximum atomic E-state index is 12.8. The molecule has 4 rings (SSSR count). The van der Waals surface area contributed by atoms with Crippen molar-refractivity contribution in [2.45, 2.75) is 19.3 Å². The molecule has 1 N–H and O–H groups in total. The van der Waals surface area contributed by atoms with Crippen LogP contribution in [0.1, 0.15) is 35.3 Å². The number of Topliss-reactive ketones (excluding diaryl/α,β-unsaturated/α-hetero) is 1. The van der Waals surface area contributed by atoms with Gasteiger partial charge >= 0.3 is 0 Å². The first-order chi connectivity index (χ1) is 14.5. The first-order valence-corrected chi connectivity index (χ1v) is 9.53. The van der Waals surface area contributed by atoms with Crippen LogP contribution in [0.4, 0.5) is 0 Å². The van der Waals surface area contributed by atoms with Gasteiger partial charge in [0, 0.05) is 24.9 Å². The molecule has 0 amide bonds. The van der Waals surface area contributed by atoms with Crippen LogP contribution in [0.5, 0.6) is 5.75 Å². The Bertz CT molecular complexity index is 1270. The van der Waals surface area contributed by atoms with Crippen LogP contribution < -0.4 is 10.3 Å². The number of aromatic nitrogens is 4. The Labute approximate surface area is 172 Å². The molecule has 30 heavy (non-hydrogen) atoms. The van der Waals surface area contributed by atoms with E-state index in [2.05, 4.69) is 26.0 Å². The van der Waals surface area contributed by atoms with E-state index in [0.29, 0.717) is 0 Å². The van der Waals surface area contributed by atoms with Crippen LogP contribution in [0, 0.1) is 0 Å². The summed E-state index contributed by atoms with van der Waals surface area (Å²) >= 11 is 0. The van der Waals surface area contributed by atoms with Crippen molar-refractivity contribution in [1.29, 1.82) is 0 Å². The molecule has 7 nitrogen and oxygen atoms in total. The highest BCUT2D eigenvalue weighted by Gasteiger charge is 2.17. The fraction of sp³-hybridized carbons (Fsp3) is 0.174. The number of methoxy groups -OCH3 is 1. The van der Waals surface area contributed by atoms with Gasteiger partial charge in [0.25, 0.3) is 5.56 Å². The molecule has 2 aromatic carbocycles. The lowest BCUT2D eigenvalue weighted by atomic mass is 9.93. The SMILES string of the molecule is COc1ccc2cc(C(C)CC(=O)c3cc(=O)[nH]c(-c4ncccn4)n3)ccc2c1. The molecule has 2 aromatic heterocycles. The topological polar surface area (TPSA) is 97.8 Å². The second-order valence-electron chi connectivity index (χ2n) is 7.05. The average molecular weight is 400 g/mol. The Morgan fingerprint density at radius 2 is 1.80 bits per heavy atom. The van der Waals surface area contributed by atoms with Gasteiger partial charge in [-0.3, -0.25) is 9.59 Å². The molecule has 4 aromatic rings. The lowest BCUT2D eigenvalue weighted by Gasteiger charge is -2.12. The number of carbonyl (C=O) groups is 1. The molecule has 0 saturated carbocycles. The first-order valence-electron chi connectivity index (χ1n) is 9.53. The third-order valence-corrected chi connectivity index (χ3v) is 4.94. The lowest BCUT2D eigenvalue weighted by Crippen LogP contribution is -2.16. The molecule has 7 heteroatoms. The van der Waals surface area contributed by atoms with Gasteiger partial charge in [0.2, 0.25) is 0 Å². The zero-order chi connectivity index (χ0) is 21.1. The molecule has 0 bridgehead atoms. The highest BCUT2D eigenvalue weighted by molar-refractivity contribution is 5.95. The normalized spacial score (nSPS) is 11.9. The van der Waals surface area contributed by atoms with Crippen molar-refractivity contribution in [2.75, 3.05) is 7.11 Å². The standard InChI is InChI=1S/C23H20N4O3/c1-14(15-4-5-17-12-18(30-2)7-6-16(17)11-15)10-20(28)19-13-21(29)27-23(26-19)22-24-8-3-9-25-22/h3-9,11-14H,10H2,1-2H3,(H,26,27,29). The number of rotatable bonds is 6. The summed E-state index contributed by atoms with van der Waals surface area (Å²) in [6, 6.07) is 14.9. The number of fused-ring (bicyclic) bond motifs is 1. The first kappa shape index (κ1) is 19.4. The van der Waals surface area contributed by atoms with Gasteiger partial charge in [-0.2, -0.15) is 0 Å². The molecule has 0 fully saturated rings. The minimum atomic E-state index is -0.414. The minimum Gasteiger partial charge on any atom is -0.497 e. The summed E-state index contributed by atoms with van der Waals surface area (Å²) < 4.78 is 5.26. The summed E-state index contributed by atoms with van der Waals surface area (Å²) in [4.78, 5) is 39.9. The Kier molecular flexibility index (Phi) is 5.34. The van der Waals surface area contributed by atoms with Crippen molar-refractivity contribution < 1.29 is 9.53 Å². The quantitative estimate of drug-likeness (QED) is 0.495. The number of benzene rings is 2. The Morgan fingerprint density at radius 1 is 1.07 bits per heavy atom. The van der Waals surface area contributed by atoms with Gasteiger partial charge in [-0.25, -0.2) is 15.0 Å². The van der Waals surface area contributed by atoms with Crippen LogP contribution in [0.25, 0.3) is 22.4 Å². The number of aromatic amines is 1. The predicted octanol–water partition coefficient (Wildman–Crippen LogP) is 3.77. The molecule has 0 saturated heterocycles. The summed E-state index contributed by atoms with van der Waals surface area (Å²) in [5.74, 6) is 1.00.